The first kappa shape index (κ1) is 20.6. The summed E-state index contributed by atoms with van der Waals surface area (Å²) in [5.74, 6) is -0.643. The maximum absolute atomic E-state index is 13.6. The van der Waals surface area contributed by atoms with Crippen LogP contribution in [0.4, 0.5) is 4.79 Å². The van der Waals surface area contributed by atoms with Crippen molar-refractivity contribution in [1.82, 2.24) is 15.1 Å². The van der Waals surface area contributed by atoms with Crippen LogP contribution in [-0.2, 0) is 15.1 Å². The van der Waals surface area contributed by atoms with Crippen molar-refractivity contribution in [2.24, 2.45) is 0 Å². The van der Waals surface area contributed by atoms with Gasteiger partial charge in [0.15, 0.2) is 5.54 Å². The molecule has 0 bridgehead atoms. The molecule has 0 spiro atoms. The van der Waals surface area contributed by atoms with E-state index in [0.29, 0.717) is 24.2 Å². The minimum Gasteiger partial charge on any atom is -0.341 e. The highest BCUT2D eigenvalue weighted by molar-refractivity contribution is 6.11. The molecule has 0 atom stereocenters. The van der Waals surface area contributed by atoms with Crippen molar-refractivity contribution in [3.05, 3.63) is 71.8 Å². The van der Waals surface area contributed by atoms with Gasteiger partial charge >= 0.3 is 6.03 Å². The Hall–Kier alpha value is -3.15. The number of hydrogen-bond donors (Lipinski definition) is 1. The lowest BCUT2D eigenvalue weighted by Crippen LogP contribution is -2.46. The van der Waals surface area contributed by atoms with Crippen molar-refractivity contribution < 1.29 is 14.4 Å². The lowest BCUT2D eigenvalue weighted by atomic mass is 9.82. The number of carbonyl (C=O) groups is 3. The van der Waals surface area contributed by atoms with Gasteiger partial charge in [-0.1, -0.05) is 74.5 Å². The maximum Gasteiger partial charge on any atom is 0.326 e. The van der Waals surface area contributed by atoms with Gasteiger partial charge in [-0.3, -0.25) is 14.5 Å². The second kappa shape index (κ2) is 8.90. The average molecular weight is 393 g/mol. The maximum atomic E-state index is 13.6. The molecule has 1 N–H and O–H groups in total. The van der Waals surface area contributed by atoms with E-state index in [4.69, 9.17) is 0 Å². The van der Waals surface area contributed by atoms with E-state index in [2.05, 4.69) is 5.32 Å². The predicted molar refractivity (Wildman–Crippen MR) is 111 cm³/mol. The number of benzene rings is 2. The molecule has 0 unspecified atom stereocenters. The third-order valence-electron chi connectivity index (χ3n) is 5.15. The van der Waals surface area contributed by atoms with E-state index in [0.717, 1.165) is 17.7 Å². The van der Waals surface area contributed by atoms with Gasteiger partial charge in [0, 0.05) is 13.1 Å². The molecule has 2 aromatic carbocycles. The molecule has 1 fully saturated rings. The van der Waals surface area contributed by atoms with Crippen molar-refractivity contribution in [3.8, 4) is 0 Å². The zero-order chi connectivity index (χ0) is 20.9. The Morgan fingerprint density at radius 1 is 0.897 bits per heavy atom. The molecule has 2 aromatic rings. The molecule has 0 aromatic heterocycles. The summed E-state index contributed by atoms with van der Waals surface area (Å²) in [6.45, 7) is 4.96. The van der Waals surface area contributed by atoms with Gasteiger partial charge in [0.25, 0.3) is 5.91 Å². The molecule has 1 saturated heterocycles. The molecule has 0 radical (unpaired) electrons. The quantitative estimate of drug-likeness (QED) is 0.701. The van der Waals surface area contributed by atoms with Crippen LogP contribution in [-0.4, -0.2) is 47.3 Å². The number of urea groups is 1. The second-order valence-electron chi connectivity index (χ2n) is 7.18. The molecule has 152 valence electrons. The molecule has 29 heavy (non-hydrogen) atoms. The van der Waals surface area contributed by atoms with Crippen LogP contribution in [0.25, 0.3) is 0 Å². The highest BCUT2D eigenvalue weighted by atomic mass is 16.2. The molecule has 3 rings (SSSR count). The monoisotopic (exact) mass is 393 g/mol. The number of rotatable bonds is 8. The van der Waals surface area contributed by atoms with Crippen molar-refractivity contribution in [3.63, 3.8) is 0 Å². The Labute approximate surface area is 171 Å². The standard InChI is InChI=1S/C23H27N3O3/c1-3-15-25(16-4-2)20(27)17-26-21(28)23(24-22(26)29,18-11-7-5-8-12-18)19-13-9-6-10-14-19/h5-14H,3-4,15-17H2,1-2H3,(H,24,29). The Balaban J connectivity index is 1.96. The molecule has 1 aliphatic rings. The van der Waals surface area contributed by atoms with Gasteiger partial charge in [0.2, 0.25) is 5.91 Å². The molecule has 0 saturated carbocycles. The molecule has 6 nitrogen and oxygen atoms in total. The first-order valence-corrected chi connectivity index (χ1v) is 10.1. The Morgan fingerprint density at radius 3 is 1.83 bits per heavy atom. The van der Waals surface area contributed by atoms with Crippen LogP contribution < -0.4 is 5.32 Å². The van der Waals surface area contributed by atoms with E-state index in [9.17, 15) is 14.4 Å². The van der Waals surface area contributed by atoms with Crippen molar-refractivity contribution in [1.29, 1.82) is 0 Å². The fourth-order valence-electron chi connectivity index (χ4n) is 3.79. The fourth-order valence-corrected chi connectivity index (χ4v) is 3.79. The Kier molecular flexibility index (Phi) is 6.32. The number of imide groups is 1. The van der Waals surface area contributed by atoms with E-state index in [1.165, 1.54) is 0 Å². The molecule has 1 aliphatic heterocycles. The van der Waals surface area contributed by atoms with Crippen LogP contribution in [0.1, 0.15) is 37.8 Å². The first-order chi connectivity index (χ1) is 14.0. The number of carbonyl (C=O) groups excluding carboxylic acids is 3. The van der Waals surface area contributed by atoms with Gasteiger partial charge in [-0.25, -0.2) is 4.79 Å². The average Bonchev–Trinajstić information content (AvgIpc) is 3.00. The Morgan fingerprint density at radius 2 is 1.38 bits per heavy atom. The number of nitrogens with one attached hydrogen (secondary N) is 1. The van der Waals surface area contributed by atoms with Crippen LogP contribution in [0.2, 0.25) is 0 Å². The lowest BCUT2D eigenvalue weighted by molar-refractivity contribution is -0.138. The third-order valence-corrected chi connectivity index (χ3v) is 5.15. The van der Waals surface area contributed by atoms with Crippen LogP contribution in [0.3, 0.4) is 0 Å². The van der Waals surface area contributed by atoms with Crippen molar-refractivity contribution in [2.45, 2.75) is 32.2 Å². The predicted octanol–water partition coefficient (Wildman–Crippen LogP) is 3.13. The van der Waals surface area contributed by atoms with Gasteiger partial charge in [-0.15, -0.1) is 0 Å². The summed E-state index contributed by atoms with van der Waals surface area (Å²) in [4.78, 5) is 42.0. The van der Waals surface area contributed by atoms with Crippen LogP contribution in [0, 0.1) is 0 Å². The fraction of sp³-hybridized carbons (Fsp3) is 0.348. The van der Waals surface area contributed by atoms with Crippen LogP contribution >= 0.6 is 0 Å². The molecule has 6 heteroatoms. The zero-order valence-corrected chi connectivity index (χ0v) is 16.9. The van der Waals surface area contributed by atoms with E-state index in [1.807, 2.05) is 74.5 Å². The zero-order valence-electron chi connectivity index (χ0n) is 16.9. The summed E-state index contributed by atoms with van der Waals surface area (Å²) >= 11 is 0. The van der Waals surface area contributed by atoms with Gasteiger partial charge in [-0.2, -0.15) is 0 Å². The highest BCUT2D eigenvalue weighted by Gasteiger charge is 2.54. The van der Waals surface area contributed by atoms with E-state index >= 15 is 0 Å². The number of nitrogens with zero attached hydrogens (tertiary/aromatic N) is 2. The third kappa shape index (κ3) is 3.88. The molecule has 1 heterocycles. The molecular formula is C23H27N3O3. The normalized spacial score (nSPS) is 15.3. The summed E-state index contributed by atoms with van der Waals surface area (Å²) in [6.07, 6.45) is 1.65. The van der Waals surface area contributed by atoms with Crippen molar-refractivity contribution >= 4 is 17.8 Å². The van der Waals surface area contributed by atoms with E-state index < -0.39 is 17.5 Å². The lowest BCUT2D eigenvalue weighted by Gasteiger charge is -2.28. The Bertz CT molecular complexity index is 822. The number of hydrogen-bond acceptors (Lipinski definition) is 3. The largest absolute Gasteiger partial charge is 0.341 e. The van der Waals surface area contributed by atoms with Gasteiger partial charge in [-0.05, 0) is 24.0 Å². The summed E-state index contributed by atoms with van der Waals surface area (Å²) in [7, 11) is 0. The molecular weight excluding hydrogens is 366 g/mol. The minimum absolute atomic E-state index is 0.214. The smallest absolute Gasteiger partial charge is 0.326 e. The number of amides is 4. The van der Waals surface area contributed by atoms with Gasteiger partial charge in [0.1, 0.15) is 6.54 Å². The summed E-state index contributed by atoms with van der Waals surface area (Å²) in [5, 5.41) is 2.87. The SMILES string of the molecule is CCCN(CCC)C(=O)CN1C(=O)NC(c2ccccc2)(c2ccccc2)C1=O. The topological polar surface area (TPSA) is 69.7 Å². The molecule has 0 aliphatic carbocycles. The van der Waals surface area contributed by atoms with E-state index in [-0.39, 0.29) is 12.5 Å². The molecule has 4 amide bonds. The van der Waals surface area contributed by atoms with E-state index in [1.54, 1.807) is 4.90 Å². The summed E-state index contributed by atoms with van der Waals surface area (Å²) < 4.78 is 0. The minimum atomic E-state index is -1.33. The van der Waals surface area contributed by atoms with Crippen LogP contribution in [0.5, 0.6) is 0 Å². The highest BCUT2D eigenvalue weighted by Crippen LogP contribution is 2.35. The van der Waals surface area contributed by atoms with Gasteiger partial charge < -0.3 is 10.2 Å². The van der Waals surface area contributed by atoms with Crippen molar-refractivity contribution in [2.75, 3.05) is 19.6 Å². The summed E-state index contributed by atoms with van der Waals surface area (Å²) in [6, 6.07) is 17.8. The summed E-state index contributed by atoms with van der Waals surface area (Å²) in [5.41, 5.74) is -0.00261. The van der Waals surface area contributed by atoms with Gasteiger partial charge in [0.05, 0.1) is 0 Å². The van der Waals surface area contributed by atoms with Crippen LogP contribution in [0.15, 0.2) is 60.7 Å². The first-order valence-electron chi connectivity index (χ1n) is 10.1. The second-order valence-corrected chi connectivity index (χ2v) is 7.18.